The monoisotopic (exact) mass is 267 g/mol. The molecule has 0 saturated heterocycles. The Morgan fingerprint density at radius 1 is 1.16 bits per heavy atom. The third-order valence-electron chi connectivity index (χ3n) is 5.71. The molecule has 0 heterocycles. The highest BCUT2D eigenvalue weighted by Crippen LogP contribution is 2.46. The van der Waals surface area contributed by atoms with Crippen molar-refractivity contribution in [2.75, 3.05) is 13.7 Å². The van der Waals surface area contributed by atoms with E-state index in [1.807, 2.05) is 7.11 Å². The van der Waals surface area contributed by atoms with Crippen LogP contribution in [0, 0.1) is 11.8 Å². The molecule has 0 aliphatic heterocycles. The molecule has 0 aromatic rings. The number of hydrogen-bond donors (Lipinski definition) is 1. The largest absolute Gasteiger partial charge is 0.377 e. The molecule has 0 aromatic heterocycles. The maximum atomic E-state index is 6.02. The second-order valence-corrected chi connectivity index (χ2v) is 6.67. The minimum atomic E-state index is 0.157. The molecule has 2 nitrogen and oxygen atoms in total. The summed E-state index contributed by atoms with van der Waals surface area (Å²) in [5.74, 6) is 1.75. The van der Waals surface area contributed by atoms with Gasteiger partial charge in [-0.2, -0.15) is 0 Å². The lowest BCUT2D eigenvalue weighted by Gasteiger charge is -2.52. The van der Waals surface area contributed by atoms with Crippen LogP contribution in [0.1, 0.15) is 71.6 Å². The number of methoxy groups -OCH3 is 1. The summed E-state index contributed by atoms with van der Waals surface area (Å²) < 4.78 is 6.02. The lowest BCUT2D eigenvalue weighted by molar-refractivity contribution is -0.120. The van der Waals surface area contributed by atoms with Crippen LogP contribution in [0.2, 0.25) is 0 Å². The molecule has 19 heavy (non-hydrogen) atoms. The zero-order valence-corrected chi connectivity index (χ0v) is 13.2. The quantitative estimate of drug-likeness (QED) is 0.748. The molecule has 0 radical (unpaired) electrons. The number of rotatable bonds is 7. The van der Waals surface area contributed by atoms with Crippen molar-refractivity contribution in [2.24, 2.45) is 11.8 Å². The minimum Gasteiger partial charge on any atom is -0.377 e. The highest BCUT2D eigenvalue weighted by molar-refractivity contribution is 5.04. The zero-order valence-electron chi connectivity index (χ0n) is 13.2. The molecule has 0 spiro atoms. The Balaban J connectivity index is 2.10. The molecule has 1 N–H and O–H groups in total. The molecular formula is C17H33NO. The van der Waals surface area contributed by atoms with Crippen LogP contribution < -0.4 is 5.32 Å². The van der Waals surface area contributed by atoms with E-state index < -0.39 is 0 Å². The molecule has 2 aliphatic carbocycles. The maximum Gasteiger partial charge on any atom is 0.0833 e. The second-order valence-electron chi connectivity index (χ2n) is 6.67. The van der Waals surface area contributed by atoms with Crippen molar-refractivity contribution in [1.29, 1.82) is 0 Å². The van der Waals surface area contributed by atoms with Gasteiger partial charge in [0, 0.05) is 13.2 Å². The fourth-order valence-corrected chi connectivity index (χ4v) is 4.38. The molecule has 2 saturated carbocycles. The first kappa shape index (κ1) is 15.3. The molecule has 2 aliphatic rings. The van der Waals surface area contributed by atoms with Gasteiger partial charge in [-0.15, -0.1) is 0 Å². The molecule has 0 aromatic carbocycles. The Bertz CT molecular complexity index is 256. The minimum absolute atomic E-state index is 0.157. The Hall–Kier alpha value is -0.0800. The first-order valence-corrected chi connectivity index (χ1v) is 8.56. The van der Waals surface area contributed by atoms with E-state index in [0.717, 1.165) is 18.4 Å². The van der Waals surface area contributed by atoms with Gasteiger partial charge in [-0.3, -0.25) is 0 Å². The predicted octanol–water partition coefficient (Wildman–Crippen LogP) is 4.14. The normalized spacial score (nSPS) is 31.7. The van der Waals surface area contributed by atoms with E-state index in [1.165, 1.54) is 57.8 Å². The standard InChI is InChI=1S/C17H33NO/c1-4-13-18-16(17(19-3)11-8-12-17)15-10-7-6-9-14(15)5-2/h14-16,18H,4-13H2,1-3H3. The van der Waals surface area contributed by atoms with Gasteiger partial charge in [0.1, 0.15) is 0 Å². The van der Waals surface area contributed by atoms with Gasteiger partial charge in [0.25, 0.3) is 0 Å². The van der Waals surface area contributed by atoms with Crippen molar-refractivity contribution in [2.45, 2.75) is 83.3 Å². The van der Waals surface area contributed by atoms with Crippen LogP contribution in [0.3, 0.4) is 0 Å². The zero-order chi connectivity index (χ0) is 13.7. The molecule has 2 rings (SSSR count). The summed E-state index contributed by atoms with van der Waals surface area (Å²) in [5.41, 5.74) is 0.157. The van der Waals surface area contributed by atoms with Gasteiger partial charge >= 0.3 is 0 Å². The fraction of sp³-hybridized carbons (Fsp3) is 1.00. The third-order valence-corrected chi connectivity index (χ3v) is 5.71. The summed E-state index contributed by atoms with van der Waals surface area (Å²) in [7, 11) is 1.93. The highest BCUT2D eigenvalue weighted by atomic mass is 16.5. The van der Waals surface area contributed by atoms with Gasteiger partial charge in [0.05, 0.1) is 5.60 Å². The van der Waals surface area contributed by atoms with Crippen LogP contribution >= 0.6 is 0 Å². The fourth-order valence-electron chi connectivity index (χ4n) is 4.38. The van der Waals surface area contributed by atoms with Gasteiger partial charge < -0.3 is 10.1 Å². The summed E-state index contributed by atoms with van der Waals surface area (Å²) in [6.45, 7) is 5.78. The van der Waals surface area contributed by atoms with Crippen LogP contribution in [0.15, 0.2) is 0 Å². The van der Waals surface area contributed by atoms with E-state index in [-0.39, 0.29) is 5.60 Å². The Kier molecular flexibility index (Phi) is 5.70. The highest BCUT2D eigenvalue weighted by Gasteiger charge is 2.49. The van der Waals surface area contributed by atoms with Crippen molar-refractivity contribution in [1.82, 2.24) is 5.32 Å². The van der Waals surface area contributed by atoms with E-state index in [2.05, 4.69) is 19.2 Å². The van der Waals surface area contributed by atoms with E-state index in [1.54, 1.807) is 0 Å². The van der Waals surface area contributed by atoms with Gasteiger partial charge in [-0.1, -0.05) is 39.5 Å². The van der Waals surface area contributed by atoms with Gasteiger partial charge in [0.2, 0.25) is 0 Å². The van der Waals surface area contributed by atoms with Gasteiger partial charge in [-0.25, -0.2) is 0 Å². The SMILES string of the molecule is CCCNC(C1CCCCC1CC)C1(OC)CCC1. The number of ether oxygens (including phenoxy) is 1. The number of nitrogens with one attached hydrogen (secondary N) is 1. The molecule has 0 bridgehead atoms. The van der Waals surface area contributed by atoms with Crippen molar-refractivity contribution in [3.8, 4) is 0 Å². The summed E-state index contributed by atoms with van der Waals surface area (Å²) >= 11 is 0. The topological polar surface area (TPSA) is 21.3 Å². The first-order chi connectivity index (χ1) is 9.27. The Morgan fingerprint density at radius 2 is 1.89 bits per heavy atom. The molecule has 2 heteroatoms. The van der Waals surface area contributed by atoms with Crippen LogP contribution in [-0.2, 0) is 4.74 Å². The van der Waals surface area contributed by atoms with Crippen LogP contribution in [0.5, 0.6) is 0 Å². The summed E-state index contributed by atoms with van der Waals surface area (Å²) in [4.78, 5) is 0. The molecular weight excluding hydrogens is 234 g/mol. The average molecular weight is 267 g/mol. The smallest absolute Gasteiger partial charge is 0.0833 e. The van der Waals surface area contributed by atoms with Gasteiger partial charge in [-0.05, 0) is 50.5 Å². The molecule has 112 valence electrons. The Morgan fingerprint density at radius 3 is 2.42 bits per heavy atom. The lowest BCUT2D eigenvalue weighted by Crippen LogP contribution is -2.61. The maximum absolute atomic E-state index is 6.02. The third kappa shape index (κ3) is 3.16. The van der Waals surface area contributed by atoms with Crippen LogP contribution in [-0.4, -0.2) is 25.3 Å². The van der Waals surface area contributed by atoms with Crippen LogP contribution in [0.25, 0.3) is 0 Å². The van der Waals surface area contributed by atoms with E-state index in [4.69, 9.17) is 4.74 Å². The van der Waals surface area contributed by atoms with Crippen molar-refractivity contribution >= 4 is 0 Å². The van der Waals surface area contributed by atoms with Crippen LogP contribution in [0.4, 0.5) is 0 Å². The first-order valence-electron chi connectivity index (χ1n) is 8.56. The summed E-state index contributed by atoms with van der Waals surface area (Å²) in [5, 5.41) is 3.87. The summed E-state index contributed by atoms with van der Waals surface area (Å²) in [6.07, 6.45) is 12.1. The average Bonchev–Trinajstić information content (AvgIpc) is 2.41. The molecule has 0 amide bonds. The Labute approximate surface area is 119 Å². The van der Waals surface area contributed by atoms with E-state index in [0.29, 0.717) is 6.04 Å². The van der Waals surface area contributed by atoms with Gasteiger partial charge in [0.15, 0.2) is 0 Å². The van der Waals surface area contributed by atoms with Crippen molar-refractivity contribution in [3.63, 3.8) is 0 Å². The summed E-state index contributed by atoms with van der Waals surface area (Å²) in [6, 6.07) is 0.594. The predicted molar refractivity (Wildman–Crippen MR) is 81.4 cm³/mol. The van der Waals surface area contributed by atoms with E-state index >= 15 is 0 Å². The lowest BCUT2D eigenvalue weighted by atomic mass is 9.63. The number of hydrogen-bond acceptors (Lipinski definition) is 2. The molecule has 3 unspecified atom stereocenters. The molecule has 2 fully saturated rings. The molecule has 3 atom stereocenters. The van der Waals surface area contributed by atoms with Crippen molar-refractivity contribution < 1.29 is 4.74 Å². The van der Waals surface area contributed by atoms with Crippen molar-refractivity contribution in [3.05, 3.63) is 0 Å². The van der Waals surface area contributed by atoms with E-state index in [9.17, 15) is 0 Å². The second kappa shape index (κ2) is 7.08.